The van der Waals surface area contributed by atoms with Crippen LogP contribution in [0.15, 0.2) is 93.3 Å². The van der Waals surface area contributed by atoms with Crippen LogP contribution >= 0.6 is 27.7 Å². The molecular weight excluding hydrogens is 488 g/mol. The molecule has 0 unspecified atom stereocenters. The number of nitrogens with zero attached hydrogens (tertiary/aromatic N) is 3. The van der Waals surface area contributed by atoms with Gasteiger partial charge in [-0.2, -0.15) is 0 Å². The molecule has 2 aliphatic rings. The molecule has 2 amide bonds. The number of carbonyl (C=O) groups excluding carboxylic acids is 2. The second-order valence-corrected chi connectivity index (χ2v) is 9.05. The Morgan fingerprint density at radius 1 is 1.00 bits per heavy atom. The molecule has 32 heavy (non-hydrogen) atoms. The predicted molar refractivity (Wildman–Crippen MR) is 131 cm³/mol. The van der Waals surface area contributed by atoms with Gasteiger partial charge in [-0.15, -0.1) is 0 Å². The number of aliphatic imine (C=N–C) groups is 2. The molecule has 1 atom stereocenters. The fourth-order valence-corrected chi connectivity index (χ4v) is 4.62. The molecule has 0 bridgehead atoms. The number of hydrogen-bond acceptors (Lipinski definition) is 5. The lowest BCUT2D eigenvalue weighted by atomic mass is 10.1. The maximum absolute atomic E-state index is 13.3. The van der Waals surface area contributed by atoms with E-state index in [0.717, 1.165) is 21.3 Å². The van der Waals surface area contributed by atoms with Gasteiger partial charge >= 0.3 is 0 Å². The van der Waals surface area contributed by atoms with Crippen molar-refractivity contribution in [3.05, 3.63) is 94.5 Å². The van der Waals surface area contributed by atoms with Crippen LogP contribution in [0.2, 0.25) is 0 Å². The fourth-order valence-electron chi connectivity index (χ4n) is 3.56. The van der Waals surface area contributed by atoms with Gasteiger partial charge in [0.15, 0.2) is 11.2 Å². The smallest absolute Gasteiger partial charge is 0.263 e. The molecule has 3 aromatic carbocycles. The average Bonchev–Trinajstić information content (AvgIpc) is 3.17. The quantitative estimate of drug-likeness (QED) is 0.533. The Morgan fingerprint density at radius 3 is 2.50 bits per heavy atom. The number of amidine groups is 2. The van der Waals surface area contributed by atoms with Crippen LogP contribution in [-0.2, 0) is 9.59 Å². The average molecular weight is 505 g/mol. The SMILES string of the molecule is O=C(CSC1=Nc2ccccc2C2=N[C@@H](c3ccccc3)C(=O)N12)Nc1ccc(Br)cc1. The van der Waals surface area contributed by atoms with E-state index in [2.05, 4.69) is 26.2 Å². The lowest BCUT2D eigenvalue weighted by molar-refractivity contribution is -0.124. The Morgan fingerprint density at radius 2 is 1.72 bits per heavy atom. The number of thioether (sulfide) groups is 1. The zero-order valence-corrected chi connectivity index (χ0v) is 19.1. The zero-order valence-electron chi connectivity index (χ0n) is 16.7. The van der Waals surface area contributed by atoms with Gasteiger partial charge in [0.05, 0.1) is 11.4 Å². The fraction of sp³-hybridized carbons (Fsp3) is 0.0833. The van der Waals surface area contributed by atoms with Gasteiger partial charge in [0, 0.05) is 15.7 Å². The molecule has 0 saturated carbocycles. The van der Waals surface area contributed by atoms with Crippen LogP contribution in [0.5, 0.6) is 0 Å². The Bertz CT molecular complexity index is 1260. The van der Waals surface area contributed by atoms with Crippen LogP contribution in [0.25, 0.3) is 0 Å². The monoisotopic (exact) mass is 504 g/mol. The molecule has 0 saturated heterocycles. The van der Waals surface area contributed by atoms with Gasteiger partial charge in [0.25, 0.3) is 5.91 Å². The number of hydrogen-bond donors (Lipinski definition) is 1. The third kappa shape index (κ3) is 3.99. The number of anilines is 1. The largest absolute Gasteiger partial charge is 0.325 e. The van der Waals surface area contributed by atoms with E-state index in [-0.39, 0.29) is 17.6 Å². The molecule has 8 heteroatoms. The number of fused-ring (bicyclic) bond motifs is 3. The van der Waals surface area contributed by atoms with Gasteiger partial charge in [-0.05, 0) is 42.0 Å². The van der Waals surface area contributed by atoms with Crippen molar-refractivity contribution in [2.45, 2.75) is 6.04 Å². The van der Waals surface area contributed by atoms with Crippen LogP contribution < -0.4 is 5.32 Å². The summed E-state index contributed by atoms with van der Waals surface area (Å²) in [6.07, 6.45) is 0. The van der Waals surface area contributed by atoms with E-state index < -0.39 is 6.04 Å². The minimum atomic E-state index is -0.625. The van der Waals surface area contributed by atoms with Crippen LogP contribution in [0.1, 0.15) is 17.2 Å². The van der Waals surface area contributed by atoms with E-state index in [1.165, 1.54) is 16.7 Å². The summed E-state index contributed by atoms with van der Waals surface area (Å²) in [6, 6.07) is 23.8. The number of carbonyl (C=O) groups is 2. The van der Waals surface area contributed by atoms with Crippen molar-refractivity contribution in [2.75, 3.05) is 11.1 Å². The highest BCUT2D eigenvalue weighted by molar-refractivity contribution is 9.10. The molecule has 0 aliphatic carbocycles. The van der Waals surface area contributed by atoms with Crippen molar-refractivity contribution < 1.29 is 9.59 Å². The third-order valence-corrected chi connectivity index (χ3v) is 6.51. The minimum absolute atomic E-state index is 0.115. The standard InChI is InChI=1S/C24H17BrN4O2S/c25-16-10-12-17(13-11-16)26-20(30)14-32-24-27-19-9-5-4-8-18(19)22-28-21(23(31)29(22)24)15-6-2-1-3-7-15/h1-13,21H,14H2,(H,26,30)/t21-/m0/s1. The first-order valence-corrected chi connectivity index (χ1v) is 11.7. The molecule has 0 aromatic heterocycles. The molecule has 6 nitrogen and oxygen atoms in total. The van der Waals surface area contributed by atoms with Crippen LogP contribution in [0, 0.1) is 0 Å². The summed E-state index contributed by atoms with van der Waals surface area (Å²) in [5.41, 5.74) is 3.08. The van der Waals surface area contributed by atoms with Gasteiger partial charge in [-0.25, -0.2) is 14.9 Å². The van der Waals surface area contributed by atoms with E-state index in [9.17, 15) is 9.59 Å². The van der Waals surface area contributed by atoms with E-state index >= 15 is 0 Å². The highest BCUT2D eigenvalue weighted by atomic mass is 79.9. The number of para-hydroxylation sites is 1. The molecular formula is C24H17BrN4O2S. The molecule has 0 fully saturated rings. The van der Waals surface area contributed by atoms with Crippen molar-refractivity contribution in [1.82, 2.24) is 4.90 Å². The lowest BCUT2D eigenvalue weighted by Crippen LogP contribution is -2.40. The van der Waals surface area contributed by atoms with Crippen molar-refractivity contribution in [3.8, 4) is 0 Å². The molecule has 0 spiro atoms. The summed E-state index contributed by atoms with van der Waals surface area (Å²) in [7, 11) is 0. The number of halogens is 1. The first-order valence-electron chi connectivity index (χ1n) is 9.93. The summed E-state index contributed by atoms with van der Waals surface area (Å²) in [5.74, 6) is 0.346. The Kier molecular flexibility index (Phi) is 5.63. The summed E-state index contributed by atoms with van der Waals surface area (Å²) in [4.78, 5) is 36.8. The molecule has 2 heterocycles. The normalized spacial score (nSPS) is 16.7. The minimum Gasteiger partial charge on any atom is -0.325 e. The molecule has 3 aromatic rings. The van der Waals surface area contributed by atoms with Crippen LogP contribution in [0.4, 0.5) is 11.4 Å². The van der Waals surface area contributed by atoms with E-state index in [4.69, 9.17) is 4.99 Å². The van der Waals surface area contributed by atoms with Gasteiger partial charge in [-0.1, -0.05) is 70.2 Å². The van der Waals surface area contributed by atoms with E-state index in [1.807, 2.05) is 78.9 Å². The molecule has 2 aliphatic heterocycles. The summed E-state index contributed by atoms with van der Waals surface area (Å²) >= 11 is 4.60. The molecule has 1 N–H and O–H groups in total. The lowest BCUT2D eigenvalue weighted by Gasteiger charge is -2.25. The first kappa shape index (κ1) is 20.7. The zero-order chi connectivity index (χ0) is 22.1. The summed E-state index contributed by atoms with van der Waals surface area (Å²) in [5, 5.41) is 3.32. The number of nitrogens with one attached hydrogen (secondary N) is 1. The van der Waals surface area contributed by atoms with Gasteiger partial charge in [0.1, 0.15) is 5.84 Å². The second kappa shape index (κ2) is 8.72. The Balaban J connectivity index is 1.40. The van der Waals surface area contributed by atoms with Gasteiger partial charge in [-0.3, -0.25) is 9.59 Å². The molecule has 0 radical (unpaired) electrons. The van der Waals surface area contributed by atoms with Crippen molar-refractivity contribution in [3.63, 3.8) is 0 Å². The van der Waals surface area contributed by atoms with Crippen molar-refractivity contribution >= 4 is 61.9 Å². The summed E-state index contributed by atoms with van der Waals surface area (Å²) in [6.45, 7) is 0. The van der Waals surface area contributed by atoms with Crippen LogP contribution in [0.3, 0.4) is 0 Å². The maximum atomic E-state index is 13.3. The van der Waals surface area contributed by atoms with Crippen molar-refractivity contribution in [1.29, 1.82) is 0 Å². The van der Waals surface area contributed by atoms with E-state index in [0.29, 0.717) is 16.7 Å². The Hall–Kier alpha value is -3.23. The Labute approximate surface area is 197 Å². The maximum Gasteiger partial charge on any atom is 0.263 e. The highest BCUT2D eigenvalue weighted by Crippen LogP contribution is 2.37. The number of benzene rings is 3. The first-order chi connectivity index (χ1) is 15.6. The van der Waals surface area contributed by atoms with Gasteiger partial charge < -0.3 is 5.32 Å². The highest BCUT2D eigenvalue weighted by Gasteiger charge is 2.42. The van der Waals surface area contributed by atoms with Gasteiger partial charge in [0.2, 0.25) is 5.91 Å². The van der Waals surface area contributed by atoms with Crippen LogP contribution in [-0.4, -0.2) is 33.5 Å². The molecule has 5 rings (SSSR count). The van der Waals surface area contributed by atoms with E-state index in [1.54, 1.807) is 0 Å². The van der Waals surface area contributed by atoms with Crippen molar-refractivity contribution in [2.24, 2.45) is 9.98 Å². The molecule has 158 valence electrons. The second-order valence-electron chi connectivity index (χ2n) is 7.19. The predicted octanol–water partition coefficient (Wildman–Crippen LogP) is 5.15. The topological polar surface area (TPSA) is 74.1 Å². The summed E-state index contributed by atoms with van der Waals surface area (Å²) < 4.78 is 0.937. The third-order valence-electron chi connectivity index (χ3n) is 5.05. The number of amides is 2. The number of rotatable bonds is 4.